The lowest BCUT2D eigenvalue weighted by Crippen LogP contribution is -2.33. The number of nitrogens with zero attached hydrogens (tertiary/aromatic N) is 3. The van der Waals surface area contributed by atoms with E-state index < -0.39 is 0 Å². The Hall–Kier alpha value is -0.420. The molecule has 0 spiro atoms. The zero-order valence-electron chi connectivity index (χ0n) is 12.5. The van der Waals surface area contributed by atoms with Gasteiger partial charge in [-0.1, -0.05) is 25.0 Å². The second-order valence-corrected chi connectivity index (χ2v) is 7.28. The lowest BCUT2D eigenvalue weighted by molar-refractivity contribution is 0.218. The van der Waals surface area contributed by atoms with E-state index in [1.165, 1.54) is 44.2 Å². The molecule has 0 saturated heterocycles. The van der Waals surface area contributed by atoms with Gasteiger partial charge in [0.25, 0.3) is 0 Å². The zero-order valence-corrected chi connectivity index (χ0v) is 14.1. The lowest BCUT2D eigenvalue weighted by Gasteiger charge is -2.36. The predicted octanol–water partition coefficient (Wildman–Crippen LogP) is 3.24. The van der Waals surface area contributed by atoms with Crippen LogP contribution in [-0.2, 0) is 7.05 Å². The van der Waals surface area contributed by atoms with E-state index in [2.05, 4.69) is 38.5 Å². The first-order valence-corrected chi connectivity index (χ1v) is 8.76. The highest BCUT2D eigenvalue weighted by molar-refractivity contribution is 9.10. The van der Waals surface area contributed by atoms with Gasteiger partial charge in [0.05, 0.1) is 5.69 Å². The molecule has 0 aromatic carbocycles. The van der Waals surface area contributed by atoms with Gasteiger partial charge in [0.1, 0.15) is 0 Å². The molecular weight excluding hydrogens is 316 g/mol. The smallest absolute Gasteiger partial charge is 0.151 e. The number of aromatic nitrogens is 3. The van der Waals surface area contributed by atoms with E-state index in [9.17, 15) is 0 Å². The van der Waals surface area contributed by atoms with E-state index in [-0.39, 0.29) is 0 Å². The largest absolute Gasteiger partial charge is 0.314 e. The molecule has 1 aromatic rings. The fourth-order valence-electron chi connectivity index (χ4n) is 3.61. The van der Waals surface area contributed by atoms with Crippen LogP contribution in [0.5, 0.6) is 0 Å². The first-order chi connectivity index (χ1) is 9.69. The summed E-state index contributed by atoms with van der Waals surface area (Å²) in [4.78, 5) is 0. The highest BCUT2D eigenvalue weighted by atomic mass is 79.9. The highest BCUT2D eigenvalue weighted by Crippen LogP contribution is 2.43. The minimum Gasteiger partial charge on any atom is -0.314 e. The van der Waals surface area contributed by atoms with Crippen LogP contribution in [0, 0.1) is 11.8 Å². The van der Waals surface area contributed by atoms with E-state index in [1.807, 2.05) is 11.7 Å². The van der Waals surface area contributed by atoms with E-state index >= 15 is 0 Å². The number of rotatable bonds is 5. The van der Waals surface area contributed by atoms with Gasteiger partial charge in [0, 0.05) is 19.0 Å². The molecule has 2 aliphatic carbocycles. The van der Waals surface area contributed by atoms with Crippen molar-refractivity contribution in [1.82, 2.24) is 20.3 Å². The molecule has 1 aromatic heterocycles. The molecule has 3 rings (SSSR count). The van der Waals surface area contributed by atoms with Crippen molar-refractivity contribution >= 4 is 15.9 Å². The summed E-state index contributed by atoms with van der Waals surface area (Å²) in [7, 11) is 2.02. The number of aryl methyl sites for hydroxylation is 1. The number of hydrogen-bond acceptors (Lipinski definition) is 3. The molecule has 1 N–H and O–H groups in total. The minimum absolute atomic E-state index is 0.592. The Morgan fingerprint density at radius 3 is 2.70 bits per heavy atom. The first kappa shape index (κ1) is 14.5. The molecule has 1 heterocycles. The van der Waals surface area contributed by atoms with Gasteiger partial charge >= 0.3 is 0 Å². The maximum Gasteiger partial charge on any atom is 0.151 e. The average Bonchev–Trinajstić information content (AvgIpc) is 3.22. The van der Waals surface area contributed by atoms with Gasteiger partial charge in [-0.05, 0) is 60.0 Å². The molecular formula is C15H25BrN4. The molecule has 20 heavy (non-hydrogen) atoms. The molecule has 0 amide bonds. The van der Waals surface area contributed by atoms with Gasteiger partial charge in [-0.3, -0.25) is 4.68 Å². The third-order valence-electron chi connectivity index (χ3n) is 5.10. The monoisotopic (exact) mass is 340 g/mol. The van der Waals surface area contributed by atoms with Crippen molar-refractivity contribution in [3.63, 3.8) is 0 Å². The summed E-state index contributed by atoms with van der Waals surface area (Å²) >= 11 is 3.60. The van der Waals surface area contributed by atoms with Crippen LogP contribution in [0.4, 0.5) is 0 Å². The average molecular weight is 341 g/mol. The summed E-state index contributed by atoms with van der Waals surface area (Å²) in [5.41, 5.74) is 1.30. The quantitative estimate of drug-likeness (QED) is 0.894. The summed E-state index contributed by atoms with van der Waals surface area (Å²) in [5, 5.41) is 12.1. The molecule has 4 nitrogen and oxygen atoms in total. The Morgan fingerprint density at radius 2 is 2.10 bits per heavy atom. The molecule has 3 unspecified atom stereocenters. The Morgan fingerprint density at radius 1 is 1.30 bits per heavy atom. The fraction of sp³-hybridized carbons (Fsp3) is 0.867. The SMILES string of the molecule is CCC1CCC(CNC2CC2)C(c2c(Br)nnn2C)C1. The van der Waals surface area contributed by atoms with Gasteiger partial charge in [0.15, 0.2) is 4.60 Å². The van der Waals surface area contributed by atoms with Crippen LogP contribution in [0.15, 0.2) is 4.60 Å². The second kappa shape index (κ2) is 6.14. The minimum atomic E-state index is 0.592. The van der Waals surface area contributed by atoms with E-state index in [4.69, 9.17) is 0 Å². The maximum absolute atomic E-state index is 4.19. The first-order valence-electron chi connectivity index (χ1n) is 7.97. The van der Waals surface area contributed by atoms with E-state index in [0.29, 0.717) is 5.92 Å². The van der Waals surface area contributed by atoms with Gasteiger partial charge in [-0.2, -0.15) is 0 Å². The van der Waals surface area contributed by atoms with Crippen molar-refractivity contribution in [2.75, 3.05) is 6.54 Å². The van der Waals surface area contributed by atoms with Crippen molar-refractivity contribution < 1.29 is 0 Å². The number of halogens is 1. The third-order valence-corrected chi connectivity index (χ3v) is 5.67. The molecule has 112 valence electrons. The van der Waals surface area contributed by atoms with Crippen LogP contribution in [-0.4, -0.2) is 27.6 Å². The molecule has 5 heteroatoms. The van der Waals surface area contributed by atoms with Gasteiger partial charge in [-0.15, -0.1) is 5.10 Å². The summed E-state index contributed by atoms with van der Waals surface area (Å²) in [6.45, 7) is 3.48. The van der Waals surface area contributed by atoms with Crippen LogP contribution in [0.25, 0.3) is 0 Å². The number of nitrogens with one attached hydrogen (secondary N) is 1. The molecule has 2 aliphatic rings. The molecule has 0 radical (unpaired) electrons. The van der Waals surface area contributed by atoms with E-state index in [1.54, 1.807) is 0 Å². The predicted molar refractivity (Wildman–Crippen MR) is 83.6 cm³/mol. The lowest BCUT2D eigenvalue weighted by atomic mass is 9.72. The van der Waals surface area contributed by atoms with E-state index in [0.717, 1.165) is 29.0 Å². The van der Waals surface area contributed by atoms with Crippen molar-refractivity contribution in [3.05, 3.63) is 10.3 Å². The van der Waals surface area contributed by atoms with Crippen LogP contribution >= 0.6 is 15.9 Å². The summed E-state index contributed by atoms with van der Waals surface area (Å²) in [5.74, 6) is 2.18. The molecule has 2 fully saturated rings. The Labute approximate surface area is 129 Å². The summed E-state index contributed by atoms with van der Waals surface area (Å²) in [6.07, 6.45) is 8.03. The van der Waals surface area contributed by atoms with Crippen LogP contribution in [0.2, 0.25) is 0 Å². The van der Waals surface area contributed by atoms with Gasteiger partial charge in [-0.25, -0.2) is 0 Å². The van der Waals surface area contributed by atoms with Crippen LogP contribution < -0.4 is 5.32 Å². The molecule has 3 atom stereocenters. The van der Waals surface area contributed by atoms with Crippen LogP contribution in [0.3, 0.4) is 0 Å². The molecule has 2 saturated carbocycles. The Kier molecular flexibility index (Phi) is 4.46. The van der Waals surface area contributed by atoms with Gasteiger partial charge in [0.2, 0.25) is 0 Å². The van der Waals surface area contributed by atoms with Gasteiger partial charge < -0.3 is 5.32 Å². The summed E-state index contributed by atoms with van der Waals surface area (Å²) < 4.78 is 2.91. The third kappa shape index (κ3) is 3.08. The normalized spacial score (nSPS) is 30.6. The topological polar surface area (TPSA) is 42.7 Å². The second-order valence-electron chi connectivity index (χ2n) is 6.53. The molecule has 0 bridgehead atoms. The summed E-state index contributed by atoms with van der Waals surface area (Å²) in [6, 6.07) is 0.799. The number of hydrogen-bond donors (Lipinski definition) is 1. The van der Waals surface area contributed by atoms with Crippen molar-refractivity contribution in [2.45, 2.75) is 57.4 Å². The highest BCUT2D eigenvalue weighted by Gasteiger charge is 2.35. The standard InChI is InChI=1S/C15H25BrN4/c1-3-10-4-5-11(9-17-12-6-7-12)13(8-10)14-15(16)18-19-20(14)2/h10-13,17H,3-9H2,1-2H3. The Bertz CT molecular complexity index is 435. The zero-order chi connectivity index (χ0) is 14.1. The van der Waals surface area contributed by atoms with Crippen molar-refractivity contribution in [3.8, 4) is 0 Å². The van der Waals surface area contributed by atoms with Crippen molar-refractivity contribution in [1.29, 1.82) is 0 Å². The van der Waals surface area contributed by atoms with Crippen molar-refractivity contribution in [2.24, 2.45) is 18.9 Å². The Balaban J connectivity index is 1.76. The maximum atomic E-state index is 4.19. The fourth-order valence-corrected chi connectivity index (χ4v) is 4.23. The molecule has 0 aliphatic heterocycles. The van der Waals surface area contributed by atoms with Crippen LogP contribution in [0.1, 0.15) is 57.1 Å².